The molecule has 1 aromatic heterocycles. The van der Waals surface area contributed by atoms with Crippen molar-refractivity contribution in [1.82, 2.24) is 4.98 Å². The molecule has 0 spiro atoms. The van der Waals surface area contributed by atoms with Gasteiger partial charge in [0.05, 0.1) is 36.0 Å². The van der Waals surface area contributed by atoms with E-state index in [1.54, 1.807) is 12.1 Å². The molecule has 6 nitrogen and oxygen atoms in total. The van der Waals surface area contributed by atoms with Crippen molar-refractivity contribution in [3.8, 4) is 6.07 Å². The highest BCUT2D eigenvalue weighted by atomic mass is 19.4. The van der Waals surface area contributed by atoms with Crippen LogP contribution in [0.1, 0.15) is 35.3 Å². The summed E-state index contributed by atoms with van der Waals surface area (Å²) in [6, 6.07) is 7.52. The van der Waals surface area contributed by atoms with Crippen LogP contribution in [0.2, 0.25) is 0 Å². The van der Waals surface area contributed by atoms with E-state index in [1.165, 1.54) is 12.3 Å². The zero-order valence-electron chi connectivity index (χ0n) is 16.0. The Bertz CT molecular complexity index is 890. The van der Waals surface area contributed by atoms with Gasteiger partial charge in [-0.25, -0.2) is 4.98 Å². The number of hydrogen-bond acceptors (Lipinski definition) is 5. The first-order valence-corrected chi connectivity index (χ1v) is 9.08. The van der Waals surface area contributed by atoms with Gasteiger partial charge in [0.15, 0.2) is 0 Å². The minimum absolute atomic E-state index is 0.0896. The average Bonchev–Trinajstić information content (AvgIpc) is 2.67. The number of ether oxygens (including phenoxy) is 1. The summed E-state index contributed by atoms with van der Waals surface area (Å²) in [5.74, 6) is 0.171. The second kappa shape index (κ2) is 9.89. The van der Waals surface area contributed by atoms with Gasteiger partial charge in [0.1, 0.15) is 5.82 Å². The number of carbonyl (C=O) groups excluding carboxylic acids is 1. The molecule has 0 radical (unpaired) electrons. The van der Waals surface area contributed by atoms with E-state index < -0.39 is 23.2 Å². The number of anilines is 2. The fourth-order valence-electron chi connectivity index (χ4n) is 2.53. The third-order valence-corrected chi connectivity index (χ3v) is 4.02. The van der Waals surface area contributed by atoms with Crippen LogP contribution in [-0.4, -0.2) is 30.6 Å². The van der Waals surface area contributed by atoms with Crippen molar-refractivity contribution in [1.29, 1.82) is 5.26 Å². The molecule has 9 heteroatoms. The largest absolute Gasteiger partial charge is 0.417 e. The van der Waals surface area contributed by atoms with Crippen LogP contribution in [0.3, 0.4) is 0 Å². The zero-order chi connectivity index (χ0) is 21.4. The van der Waals surface area contributed by atoms with Crippen LogP contribution in [0, 0.1) is 17.2 Å². The van der Waals surface area contributed by atoms with Crippen molar-refractivity contribution >= 4 is 17.4 Å². The molecule has 29 heavy (non-hydrogen) atoms. The molecular weight excluding hydrogens is 385 g/mol. The smallest absolute Gasteiger partial charge is 0.381 e. The SMILES string of the molecule is CC.N#Cc1cc(NC(=O)c2cccnc2NCC2COC2)ccc1C(F)(F)F. The van der Waals surface area contributed by atoms with E-state index in [2.05, 4.69) is 15.6 Å². The summed E-state index contributed by atoms with van der Waals surface area (Å²) in [5, 5.41) is 14.5. The van der Waals surface area contributed by atoms with Gasteiger partial charge in [-0.15, -0.1) is 0 Å². The molecule has 1 aliphatic rings. The van der Waals surface area contributed by atoms with E-state index in [-0.39, 0.29) is 11.3 Å². The van der Waals surface area contributed by atoms with Crippen LogP contribution in [0.4, 0.5) is 24.7 Å². The minimum atomic E-state index is -4.64. The van der Waals surface area contributed by atoms with Crippen molar-refractivity contribution in [3.63, 3.8) is 0 Å². The predicted octanol–water partition coefficient (Wildman–Crippen LogP) is 4.31. The van der Waals surface area contributed by atoms with Gasteiger partial charge in [-0.1, -0.05) is 13.8 Å². The molecule has 0 atom stereocenters. The molecule has 154 valence electrons. The van der Waals surface area contributed by atoms with Crippen molar-refractivity contribution in [3.05, 3.63) is 53.2 Å². The standard InChI is InChI=1S/C18H15F3N4O2.C2H6/c19-18(20,21)15-4-3-13(6-12(15)7-22)25-17(26)14-2-1-5-23-16(14)24-8-11-9-27-10-11;1-2/h1-6,11H,8-10H2,(H,23,24)(H,25,26);1-2H3. The molecule has 2 heterocycles. The first-order valence-electron chi connectivity index (χ1n) is 9.08. The van der Waals surface area contributed by atoms with Crippen LogP contribution in [-0.2, 0) is 10.9 Å². The second-order valence-electron chi connectivity index (χ2n) is 6.01. The van der Waals surface area contributed by atoms with E-state index >= 15 is 0 Å². The molecule has 1 saturated heterocycles. The summed E-state index contributed by atoms with van der Waals surface area (Å²) in [4.78, 5) is 16.7. The molecule has 0 aliphatic carbocycles. The Labute approximate surface area is 166 Å². The lowest BCUT2D eigenvalue weighted by molar-refractivity contribution is -0.137. The molecule has 1 aliphatic heterocycles. The molecule has 0 unspecified atom stereocenters. The number of alkyl halides is 3. The number of nitriles is 1. The van der Waals surface area contributed by atoms with Gasteiger partial charge in [-0.2, -0.15) is 18.4 Å². The minimum Gasteiger partial charge on any atom is -0.381 e. The number of nitrogens with zero attached hydrogens (tertiary/aromatic N) is 2. The number of nitrogens with one attached hydrogen (secondary N) is 2. The lowest BCUT2D eigenvalue weighted by atomic mass is 10.1. The van der Waals surface area contributed by atoms with Crippen LogP contribution < -0.4 is 10.6 Å². The van der Waals surface area contributed by atoms with E-state index in [4.69, 9.17) is 10.00 Å². The normalized spacial score (nSPS) is 13.4. The Kier molecular flexibility index (Phi) is 7.56. The second-order valence-corrected chi connectivity index (χ2v) is 6.01. The first kappa shape index (κ1) is 22.2. The fraction of sp³-hybridized carbons (Fsp3) is 0.350. The van der Waals surface area contributed by atoms with E-state index in [0.29, 0.717) is 31.5 Å². The van der Waals surface area contributed by atoms with Crippen LogP contribution in [0.15, 0.2) is 36.5 Å². The summed E-state index contributed by atoms with van der Waals surface area (Å²) >= 11 is 0. The summed E-state index contributed by atoms with van der Waals surface area (Å²) in [7, 11) is 0. The van der Waals surface area contributed by atoms with Crippen LogP contribution >= 0.6 is 0 Å². The Morgan fingerprint density at radius 3 is 2.62 bits per heavy atom. The van der Waals surface area contributed by atoms with Gasteiger partial charge in [0, 0.05) is 24.3 Å². The van der Waals surface area contributed by atoms with Gasteiger partial charge >= 0.3 is 6.18 Å². The molecule has 3 rings (SSSR count). The Morgan fingerprint density at radius 1 is 1.31 bits per heavy atom. The Morgan fingerprint density at radius 2 is 2.03 bits per heavy atom. The first-order chi connectivity index (χ1) is 13.9. The molecule has 1 fully saturated rings. The Hall–Kier alpha value is -3.12. The highest BCUT2D eigenvalue weighted by Crippen LogP contribution is 2.33. The topological polar surface area (TPSA) is 87.0 Å². The highest BCUT2D eigenvalue weighted by molar-refractivity contribution is 6.07. The third-order valence-electron chi connectivity index (χ3n) is 4.02. The molecule has 2 aromatic rings. The van der Waals surface area contributed by atoms with E-state index in [0.717, 1.165) is 18.2 Å². The number of halogens is 3. The van der Waals surface area contributed by atoms with Gasteiger partial charge < -0.3 is 15.4 Å². The summed E-state index contributed by atoms with van der Waals surface area (Å²) in [6.45, 7) is 5.88. The van der Waals surface area contributed by atoms with E-state index in [1.807, 2.05) is 13.8 Å². The molecule has 2 N–H and O–H groups in total. The van der Waals surface area contributed by atoms with Gasteiger partial charge in [0.2, 0.25) is 0 Å². The summed E-state index contributed by atoms with van der Waals surface area (Å²) in [6.07, 6.45) is -3.11. The van der Waals surface area contributed by atoms with Gasteiger partial charge in [-0.05, 0) is 30.3 Å². The predicted molar refractivity (Wildman–Crippen MR) is 102 cm³/mol. The number of aromatic nitrogens is 1. The maximum atomic E-state index is 12.9. The third kappa shape index (κ3) is 5.68. The number of hydrogen-bond donors (Lipinski definition) is 2. The van der Waals surface area contributed by atoms with Crippen LogP contribution in [0.25, 0.3) is 0 Å². The maximum Gasteiger partial charge on any atom is 0.417 e. The number of rotatable bonds is 5. The molecule has 0 saturated carbocycles. The van der Waals surface area contributed by atoms with E-state index in [9.17, 15) is 18.0 Å². The lowest BCUT2D eigenvalue weighted by Crippen LogP contribution is -2.34. The zero-order valence-corrected chi connectivity index (χ0v) is 16.0. The summed E-state index contributed by atoms with van der Waals surface area (Å²) < 4.78 is 43.7. The Balaban J connectivity index is 0.00000145. The highest BCUT2D eigenvalue weighted by Gasteiger charge is 2.33. The summed E-state index contributed by atoms with van der Waals surface area (Å²) in [5.41, 5.74) is -1.27. The van der Waals surface area contributed by atoms with Gasteiger partial charge in [-0.3, -0.25) is 4.79 Å². The quantitative estimate of drug-likeness (QED) is 0.773. The number of amides is 1. The molecule has 1 amide bonds. The molecule has 0 bridgehead atoms. The molecular formula is C20H21F3N4O2. The number of carbonyl (C=O) groups is 1. The van der Waals surface area contributed by atoms with Crippen LogP contribution in [0.5, 0.6) is 0 Å². The lowest BCUT2D eigenvalue weighted by Gasteiger charge is -2.26. The van der Waals surface area contributed by atoms with Crippen molar-refractivity contribution in [2.45, 2.75) is 20.0 Å². The monoisotopic (exact) mass is 406 g/mol. The van der Waals surface area contributed by atoms with Crippen molar-refractivity contribution in [2.75, 3.05) is 30.4 Å². The fourth-order valence-corrected chi connectivity index (χ4v) is 2.53. The van der Waals surface area contributed by atoms with Crippen molar-refractivity contribution < 1.29 is 22.7 Å². The number of pyridine rings is 1. The molecule has 1 aromatic carbocycles. The average molecular weight is 406 g/mol. The van der Waals surface area contributed by atoms with Gasteiger partial charge in [0.25, 0.3) is 5.91 Å². The van der Waals surface area contributed by atoms with Crippen molar-refractivity contribution in [2.24, 2.45) is 5.92 Å². The maximum absolute atomic E-state index is 12.9. The number of benzene rings is 1.